The van der Waals surface area contributed by atoms with Crippen LogP contribution in [-0.4, -0.2) is 24.7 Å². The molecule has 39 heavy (non-hydrogen) atoms. The van der Waals surface area contributed by atoms with Crippen LogP contribution in [0.25, 0.3) is 0 Å². The maximum Gasteiger partial charge on any atom is 2.00 e. The van der Waals surface area contributed by atoms with Crippen molar-refractivity contribution in [2.75, 3.05) is 29.6 Å². The second-order valence-corrected chi connectivity index (χ2v) is 11.5. The molecule has 1 aliphatic heterocycles. The van der Waals surface area contributed by atoms with Gasteiger partial charge in [0.1, 0.15) is 0 Å². The Bertz CT molecular complexity index is 999. The number of nitrogens with zero attached hydrogens (tertiary/aromatic N) is 3. The summed E-state index contributed by atoms with van der Waals surface area (Å²) in [6.07, 6.45) is 3.29. The SMILES string of the molecule is CC(C)c1cccc(C(C)C)c1N1CCN(c2c(C(C)C)cccc2C(C)C)C1.Clc1cccnc1.[Cl-].[Cl-].[Pd+2]. The van der Waals surface area contributed by atoms with Gasteiger partial charge in [-0.25, -0.2) is 0 Å². The summed E-state index contributed by atoms with van der Waals surface area (Å²) in [5.74, 6) is 2.14. The first kappa shape index (κ1) is 37.7. The molecule has 0 bridgehead atoms. The Morgan fingerprint density at radius 3 is 1.21 bits per heavy atom. The Labute approximate surface area is 268 Å². The summed E-state index contributed by atoms with van der Waals surface area (Å²) in [4.78, 5) is 9.01. The molecule has 0 aliphatic carbocycles. The van der Waals surface area contributed by atoms with Gasteiger partial charge < -0.3 is 34.6 Å². The third-order valence-corrected chi connectivity index (χ3v) is 7.15. The number of pyridine rings is 1. The predicted octanol–water partition coefficient (Wildman–Crippen LogP) is 3.20. The number of anilines is 2. The van der Waals surface area contributed by atoms with Crippen LogP contribution in [0, 0.1) is 0 Å². The predicted molar refractivity (Wildman–Crippen MR) is 158 cm³/mol. The van der Waals surface area contributed by atoms with Crippen LogP contribution in [-0.2, 0) is 20.4 Å². The molecule has 3 aromatic rings. The Balaban J connectivity index is 0.00000126. The third kappa shape index (κ3) is 9.65. The number of benzene rings is 2. The summed E-state index contributed by atoms with van der Waals surface area (Å²) in [7, 11) is 0. The molecule has 0 unspecified atom stereocenters. The van der Waals surface area contributed by atoms with Crippen molar-refractivity contribution < 1.29 is 45.2 Å². The Hall–Kier alpha value is -1.28. The van der Waals surface area contributed by atoms with Crippen LogP contribution in [0.5, 0.6) is 0 Å². The van der Waals surface area contributed by atoms with Crippen LogP contribution < -0.4 is 34.6 Å². The van der Waals surface area contributed by atoms with Crippen molar-refractivity contribution in [3.63, 3.8) is 0 Å². The largest absolute Gasteiger partial charge is 2.00 e. The van der Waals surface area contributed by atoms with E-state index >= 15 is 0 Å². The van der Waals surface area contributed by atoms with Gasteiger partial charge in [-0.3, -0.25) is 4.98 Å². The molecule has 218 valence electrons. The van der Waals surface area contributed by atoms with Crippen molar-refractivity contribution in [3.8, 4) is 0 Å². The van der Waals surface area contributed by atoms with Gasteiger partial charge in [0.15, 0.2) is 0 Å². The van der Waals surface area contributed by atoms with E-state index < -0.39 is 0 Å². The summed E-state index contributed by atoms with van der Waals surface area (Å²) in [6.45, 7) is 21.7. The van der Waals surface area contributed by atoms with Gasteiger partial charge in [-0.2, -0.15) is 0 Å². The van der Waals surface area contributed by atoms with Crippen molar-refractivity contribution in [2.24, 2.45) is 0 Å². The molecule has 7 heteroatoms. The fourth-order valence-electron chi connectivity index (χ4n) is 5.05. The van der Waals surface area contributed by atoms with Gasteiger partial charge in [0.25, 0.3) is 0 Å². The minimum atomic E-state index is 0. The summed E-state index contributed by atoms with van der Waals surface area (Å²) in [5, 5.41) is 0.683. The molecule has 0 spiro atoms. The van der Waals surface area contributed by atoms with Gasteiger partial charge in [-0.1, -0.05) is 103 Å². The van der Waals surface area contributed by atoms with Crippen LogP contribution >= 0.6 is 11.6 Å². The number of halogens is 3. The summed E-state index contributed by atoms with van der Waals surface area (Å²) < 4.78 is 0. The quantitative estimate of drug-likeness (QED) is 0.373. The number of rotatable bonds is 6. The van der Waals surface area contributed by atoms with Crippen molar-refractivity contribution in [1.82, 2.24) is 4.98 Å². The monoisotopic (exact) mass is 681 g/mol. The van der Waals surface area contributed by atoms with Gasteiger partial charge in [0, 0.05) is 36.9 Å². The first-order valence-corrected chi connectivity index (χ1v) is 13.8. The van der Waals surface area contributed by atoms with Crippen molar-refractivity contribution in [2.45, 2.75) is 79.1 Å². The summed E-state index contributed by atoms with van der Waals surface area (Å²) in [5.41, 5.74) is 8.90. The van der Waals surface area contributed by atoms with Crippen molar-refractivity contribution in [3.05, 3.63) is 88.2 Å². The van der Waals surface area contributed by atoms with E-state index in [0.29, 0.717) is 28.7 Å². The average Bonchev–Trinajstić information content (AvgIpc) is 3.33. The summed E-state index contributed by atoms with van der Waals surface area (Å²) in [6, 6.07) is 17.4. The second-order valence-electron chi connectivity index (χ2n) is 11.0. The Kier molecular flexibility index (Phi) is 16.9. The van der Waals surface area contributed by atoms with Crippen LogP contribution in [0.2, 0.25) is 5.02 Å². The molecule has 1 aromatic heterocycles. The molecule has 0 saturated carbocycles. The van der Waals surface area contributed by atoms with Crippen LogP contribution in [0.15, 0.2) is 60.9 Å². The van der Waals surface area contributed by atoms with E-state index in [1.54, 1.807) is 24.5 Å². The Morgan fingerprint density at radius 2 is 0.974 bits per heavy atom. The minimum absolute atomic E-state index is 0. The van der Waals surface area contributed by atoms with E-state index in [1.165, 1.54) is 33.6 Å². The third-order valence-electron chi connectivity index (χ3n) is 6.92. The smallest absolute Gasteiger partial charge is 1.00 e. The molecular formula is C32H44Cl3N3Pd. The number of hydrogen-bond acceptors (Lipinski definition) is 3. The molecule has 0 radical (unpaired) electrons. The Morgan fingerprint density at radius 1 is 0.615 bits per heavy atom. The molecule has 1 saturated heterocycles. The maximum atomic E-state index is 5.48. The maximum absolute atomic E-state index is 5.48. The van der Waals surface area contributed by atoms with Crippen molar-refractivity contribution in [1.29, 1.82) is 0 Å². The van der Waals surface area contributed by atoms with E-state index in [4.69, 9.17) is 11.6 Å². The first-order valence-electron chi connectivity index (χ1n) is 13.4. The molecule has 0 atom stereocenters. The standard InChI is InChI=1S/C27H40N2.C5H4ClN.2ClH.Pd/c1-18(2)22-11-9-12-23(19(3)4)26(22)28-15-16-29(17-28)27-24(20(5)6)13-10-14-25(27)21(7)8;6-5-2-1-3-7-4-5;;;/h9-14,18-21H,15-17H2,1-8H3;1-4H;2*1H;/q;;;;+2/p-2. The number of hydrogen-bond donors (Lipinski definition) is 0. The van der Waals surface area contributed by atoms with E-state index in [2.05, 4.69) is 107 Å². The molecular weight excluding hydrogens is 639 g/mol. The summed E-state index contributed by atoms with van der Waals surface area (Å²) >= 11 is 5.48. The number of para-hydroxylation sites is 2. The van der Waals surface area contributed by atoms with Crippen LogP contribution in [0.3, 0.4) is 0 Å². The van der Waals surface area contributed by atoms with Gasteiger partial charge in [0.05, 0.1) is 11.7 Å². The van der Waals surface area contributed by atoms with E-state index in [1.807, 2.05) is 0 Å². The molecule has 2 heterocycles. The molecule has 4 rings (SSSR count). The zero-order chi connectivity index (χ0) is 26.4. The molecule has 0 amide bonds. The number of aromatic nitrogens is 1. The van der Waals surface area contributed by atoms with Crippen LogP contribution in [0.1, 0.15) is 101 Å². The zero-order valence-corrected chi connectivity index (χ0v) is 28.3. The average molecular weight is 684 g/mol. The normalized spacial score (nSPS) is 12.6. The molecule has 1 fully saturated rings. The van der Waals surface area contributed by atoms with E-state index in [0.717, 1.165) is 19.8 Å². The zero-order valence-electron chi connectivity index (χ0n) is 24.5. The topological polar surface area (TPSA) is 19.4 Å². The second kappa shape index (κ2) is 17.5. The van der Waals surface area contributed by atoms with Crippen LogP contribution in [0.4, 0.5) is 11.4 Å². The fourth-order valence-corrected chi connectivity index (χ4v) is 5.18. The van der Waals surface area contributed by atoms with Gasteiger partial charge in [0.2, 0.25) is 0 Å². The first-order chi connectivity index (χ1) is 17.1. The molecule has 0 N–H and O–H groups in total. The fraction of sp³-hybridized carbons (Fsp3) is 0.469. The van der Waals surface area contributed by atoms with E-state index in [9.17, 15) is 0 Å². The van der Waals surface area contributed by atoms with Gasteiger partial charge >= 0.3 is 20.4 Å². The van der Waals surface area contributed by atoms with Crippen molar-refractivity contribution >= 4 is 23.0 Å². The minimum Gasteiger partial charge on any atom is -1.00 e. The van der Waals surface area contributed by atoms with Gasteiger partial charge in [-0.05, 0) is 58.1 Å². The van der Waals surface area contributed by atoms with E-state index in [-0.39, 0.29) is 45.2 Å². The molecule has 1 aliphatic rings. The van der Waals surface area contributed by atoms with Gasteiger partial charge in [-0.15, -0.1) is 0 Å². The molecule has 3 nitrogen and oxygen atoms in total. The molecule has 2 aromatic carbocycles.